The SMILES string of the molecule is C[C@@H]1CC(C(=O)CCl)=CCN1C. The first kappa shape index (κ1) is 9.75. The molecule has 68 valence electrons. The number of ketones is 1. The minimum atomic E-state index is 0.0802. The second kappa shape index (κ2) is 4.06. The monoisotopic (exact) mass is 187 g/mol. The molecule has 0 unspecified atom stereocenters. The number of hydrogen-bond acceptors (Lipinski definition) is 2. The molecule has 1 aliphatic rings. The minimum absolute atomic E-state index is 0.0802. The van der Waals surface area contributed by atoms with Gasteiger partial charge in [0.25, 0.3) is 0 Å². The van der Waals surface area contributed by atoms with Crippen LogP contribution >= 0.6 is 11.6 Å². The molecule has 0 bridgehead atoms. The van der Waals surface area contributed by atoms with Gasteiger partial charge in [0.15, 0.2) is 5.78 Å². The van der Waals surface area contributed by atoms with Crippen molar-refractivity contribution in [3.8, 4) is 0 Å². The molecule has 0 saturated heterocycles. The first-order valence-electron chi connectivity index (χ1n) is 4.13. The predicted octanol–water partition coefficient (Wildman–Crippen LogP) is 1.44. The van der Waals surface area contributed by atoms with Crippen LogP contribution in [0.5, 0.6) is 0 Å². The number of alkyl halides is 1. The average molecular weight is 188 g/mol. The van der Waals surface area contributed by atoms with Crippen LogP contribution < -0.4 is 0 Å². The van der Waals surface area contributed by atoms with Crippen LogP contribution in [0.2, 0.25) is 0 Å². The highest BCUT2D eigenvalue weighted by Crippen LogP contribution is 2.16. The van der Waals surface area contributed by atoms with E-state index >= 15 is 0 Å². The summed E-state index contributed by atoms with van der Waals surface area (Å²) in [5, 5.41) is 0. The lowest BCUT2D eigenvalue weighted by molar-refractivity contribution is -0.113. The van der Waals surface area contributed by atoms with Gasteiger partial charge in [0.1, 0.15) is 0 Å². The van der Waals surface area contributed by atoms with Gasteiger partial charge in [-0.05, 0) is 26.0 Å². The van der Waals surface area contributed by atoms with Crippen LogP contribution in [-0.4, -0.2) is 36.2 Å². The molecule has 0 aromatic heterocycles. The van der Waals surface area contributed by atoms with Gasteiger partial charge in [-0.2, -0.15) is 0 Å². The summed E-state index contributed by atoms with van der Waals surface area (Å²) in [4.78, 5) is 13.4. The Morgan fingerprint density at radius 3 is 3.00 bits per heavy atom. The Bertz CT molecular complexity index is 213. The van der Waals surface area contributed by atoms with Crippen molar-refractivity contribution in [2.24, 2.45) is 0 Å². The normalized spacial score (nSPS) is 25.2. The van der Waals surface area contributed by atoms with Crippen molar-refractivity contribution in [3.05, 3.63) is 11.6 Å². The maximum Gasteiger partial charge on any atom is 0.173 e. The van der Waals surface area contributed by atoms with E-state index in [1.165, 1.54) is 0 Å². The summed E-state index contributed by atoms with van der Waals surface area (Å²) in [6, 6.07) is 0.456. The Hall–Kier alpha value is -0.340. The zero-order valence-corrected chi connectivity index (χ0v) is 8.27. The summed E-state index contributed by atoms with van der Waals surface area (Å²) >= 11 is 5.47. The van der Waals surface area contributed by atoms with Crippen LogP contribution in [-0.2, 0) is 4.79 Å². The van der Waals surface area contributed by atoms with Gasteiger partial charge in [0.05, 0.1) is 5.88 Å². The number of hydrogen-bond donors (Lipinski definition) is 0. The van der Waals surface area contributed by atoms with Crippen LogP contribution in [0.15, 0.2) is 11.6 Å². The Morgan fingerprint density at radius 1 is 1.83 bits per heavy atom. The highest BCUT2D eigenvalue weighted by Gasteiger charge is 2.19. The van der Waals surface area contributed by atoms with Gasteiger partial charge in [-0.1, -0.05) is 6.08 Å². The third-order valence-electron chi connectivity index (χ3n) is 2.37. The van der Waals surface area contributed by atoms with E-state index < -0.39 is 0 Å². The molecule has 1 aliphatic heterocycles. The molecule has 0 saturated carbocycles. The molecule has 2 nitrogen and oxygen atoms in total. The molecular weight excluding hydrogens is 174 g/mol. The summed E-state index contributed by atoms with van der Waals surface area (Å²) in [7, 11) is 2.06. The maximum atomic E-state index is 11.2. The topological polar surface area (TPSA) is 20.3 Å². The van der Waals surface area contributed by atoms with E-state index in [4.69, 9.17) is 11.6 Å². The number of likely N-dealkylation sites (N-methyl/N-ethyl adjacent to an activating group) is 1. The van der Waals surface area contributed by atoms with Crippen LogP contribution in [0.1, 0.15) is 13.3 Å². The van der Waals surface area contributed by atoms with Crippen molar-refractivity contribution >= 4 is 17.4 Å². The zero-order valence-electron chi connectivity index (χ0n) is 7.51. The highest BCUT2D eigenvalue weighted by molar-refractivity contribution is 6.30. The molecule has 1 rings (SSSR count). The van der Waals surface area contributed by atoms with Gasteiger partial charge in [-0.25, -0.2) is 0 Å². The van der Waals surface area contributed by atoms with Crippen molar-refractivity contribution in [2.45, 2.75) is 19.4 Å². The van der Waals surface area contributed by atoms with E-state index in [2.05, 4.69) is 18.9 Å². The number of Topliss-reactive ketones (excluding diaryl/α,β-unsaturated/α-hetero) is 1. The van der Waals surface area contributed by atoms with Gasteiger partial charge in [-0.15, -0.1) is 11.6 Å². The zero-order chi connectivity index (χ0) is 9.14. The van der Waals surface area contributed by atoms with Crippen molar-refractivity contribution in [1.82, 2.24) is 4.90 Å². The molecule has 12 heavy (non-hydrogen) atoms. The number of carbonyl (C=O) groups is 1. The second-order valence-corrected chi connectivity index (χ2v) is 3.55. The summed E-state index contributed by atoms with van der Waals surface area (Å²) in [5.41, 5.74) is 0.899. The smallest absolute Gasteiger partial charge is 0.173 e. The van der Waals surface area contributed by atoms with Crippen molar-refractivity contribution in [3.63, 3.8) is 0 Å². The second-order valence-electron chi connectivity index (χ2n) is 3.28. The average Bonchev–Trinajstić information content (AvgIpc) is 2.08. The van der Waals surface area contributed by atoms with Crippen LogP contribution in [0.3, 0.4) is 0 Å². The molecule has 0 aromatic rings. The molecule has 0 aliphatic carbocycles. The molecule has 3 heteroatoms. The fourth-order valence-corrected chi connectivity index (χ4v) is 1.48. The predicted molar refractivity (Wildman–Crippen MR) is 50.5 cm³/mol. The van der Waals surface area contributed by atoms with Gasteiger partial charge >= 0.3 is 0 Å². The van der Waals surface area contributed by atoms with E-state index in [0.717, 1.165) is 18.5 Å². The highest BCUT2D eigenvalue weighted by atomic mass is 35.5. The fraction of sp³-hybridized carbons (Fsp3) is 0.667. The van der Waals surface area contributed by atoms with E-state index in [1.807, 2.05) is 6.08 Å². The van der Waals surface area contributed by atoms with E-state index in [0.29, 0.717) is 6.04 Å². The quantitative estimate of drug-likeness (QED) is 0.610. The van der Waals surface area contributed by atoms with Crippen molar-refractivity contribution < 1.29 is 4.79 Å². The number of carbonyl (C=O) groups excluding carboxylic acids is 1. The molecular formula is C9H14ClNO. The van der Waals surface area contributed by atoms with E-state index in [9.17, 15) is 4.79 Å². The number of nitrogens with zero attached hydrogens (tertiary/aromatic N) is 1. The Morgan fingerprint density at radius 2 is 2.50 bits per heavy atom. The molecule has 0 amide bonds. The van der Waals surface area contributed by atoms with Gasteiger partial charge in [0, 0.05) is 12.6 Å². The molecule has 0 spiro atoms. The van der Waals surface area contributed by atoms with Gasteiger partial charge < -0.3 is 0 Å². The Labute approximate surface area is 78.2 Å². The Kier molecular flexibility index (Phi) is 3.29. The molecule has 0 N–H and O–H groups in total. The molecule has 0 fully saturated rings. The standard InChI is InChI=1S/C9H14ClNO/c1-7-5-8(9(12)6-10)3-4-11(7)2/h3,7H,4-6H2,1-2H3/t7-/m1/s1. The first-order valence-corrected chi connectivity index (χ1v) is 4.67. The van der Waals surface area contributed by atoms with Crippen molar-refractivity contribution in [2.75, 3.05) is 19.5 Å². The lowest BCUT2D eigenvalue weighted by Gasteiger charge is -2.28. The van der Waals surface area contributed by atoms with E-state index in [1.54, 1.807) is 0 Å². The van der Waals surface area contributed by atoms with Crippen LogP contribution in [0.4, 0.5) is 0 Å². The summed E-state index contributed by atoms with van der Waals surface area (Å²) in [6.45, 7) is 2.98. The number of rotatable bonds is 2. The lowest BCUT2D eigenvalue weighted by atomic mass is 9.99. The summed E-state index contributed by atoms with van der Waals surface area (Å²) < 4.78 is 0. The van der Waals surface area contributed by atoms with Crippen LogP contribution in [0, 0.1) is 0 Å². The first-order chi connectivity index (χ1) is 5.65. The molecule has 1 heterocycles. The third-order valence-corrected chi connectivity index (χ3v) is 2.62. The number of halogens is 1. The fourth-order valence-electron chi connectivity index (χ4n) is 1.31. The summed E-state index contributed by atoms with van der Waals surface area (Å²) in [5.74, 6) is 0.194. The summed E-state index contributed by atoms with van der Waals surface area (Å²) in [6.07, 6.45) is 2.81. The maximum absolute atomic E-state index is 11.2. The lowest BCUT2D eigenvalue weighted by Crippen LogP contribution is -2.34. The third kappa shape index (κ3) is 2.08. The Balaban J connectivity index is 2.64. The van der Waals surface area contributed by atoms with Gasteiger partial charge in [0.2, 0.25) is 0 Å². The van der Waals surface area contributed by atoms with Gasteiger partial charge in [-0.3, -0.25) is 9.69 Å². The molecule has 0 aromatic carbocycles. The van der Waals surface area contributed by atoms with E-state index in [-0.39, 0.29) is 11.7 Å². The van der Waals surface area contributed by atoms with Crippen LogP contribution in [0.25, 0.3) is 0 Å². The van der Waals surface area contributed by atoms with Crippen molar-refractivity contribution in [1.29, 1.82) is 0 Å². The minimum Gasteiger partial charge on any atom is -0.300 e. The molecule has 1 atom stereocenters. The largest absolute Gasteiger partial charge is 0.300 e. The molecule has 0 radical (unpaired) electrons.